The second-order valence-electron chi connectivity index (χ2n) is 2.97. The summed E-state index contributed by atoms with van der Waals surface area (Å²) in [4.78, 5) is 10.9. The molecule has 1 rings (SSSR count). The second kappa shape index (κ2) is 4.98. The molecule has 2 N–H and O–H groups in total. The van der Waals surface area contributed by atoms with Crippen LogP contribution in [0.4, 0.5) is 0 Å². The van der Waals surface area contributed by atoms with E-state index >= 15 is 0 Å². The molecule has 0 bridgehead atoms. The highest BCUT2D eigenvalue weighted by molar-refractivity contribution is 6.31. The summed E-state index contributed by atoms with van der Waals surface area (Å²) in [5, 5.41) is 12.3. The fourth-order valence-electron chi connectivity index (χ4n) is 1.29. The van der Waals surface area contributed by atoms with E-state index in [9.17, 15) is 4.79 Å². The number of carboxylic acids is 1. The number of hydrogen-bond acceptors (Lipinski definition) is 2. The summed E-state index contributed by atoms with van der Waals surface area (Å²) in [5.74, 6) is -1.46. The fraction of sp³-hybridized carbons (Fsp3) is 0.300. The molecule has 0 aromatic heterocycles. The zero-order valence-electron chi connectivity index (χ0n) is 7.83. The van der Waals surface area contributed by atoms with Gasteiger partial charge in [-0.1, -0.05) is 29.8 Å². The summed E-state index contributed by atoms with van der Waals surface area (Å²) in [6, 6.07) is 7.00. The first-order valence-electron chi connectivity index (χ1n) is 4.28. The minimum Gasteiger partial charge on any atom is -0.481 e. The predicted octanol–water partition coefficient (Wildman–Crippen LogP) is 1.73. The van der Waals surface area contributed by atoms with E-state index in [1.807, 2.05) is 0 Å². The van der Waals surface area contributed by atoms with Gasteiger partial charge in [0.15, 0.2) is 0 Å². The molecule has 0 saturated carbocycles. The standard InChI is InChI=1S/C10H12ClNO2/c1-12-6-8(10(13)14)7-4-2-3-5-9(7)11/h2-5,8,12H,6H2,1H3,(H,13,14). The van der Waals surface area contributed by atoms with Crippen molar-refractivity contribution in [1.82, 2.24) is 5.32 Å². The van der Waals surface area contributed by atoms with Gasteiger partial charge in [-0.05, 0) is 18.7 Å². The number of carbonyl (C=O) groups is 1. The number of carboxylic acid groups (broad SMARTS) is 1. The Morgan fingerprint density at radius 2 is 2.21 bits per heavy atom. The van der Waals surface area contributed by atoms with Crippen molar-refractivity contribution in [2.75, 3.05) is 13.6 Å². The van der Waals surface area contributed by atoms with Crippen molar-refractivity contribution < 1.29 is 9.90 Å². The van der Waals surface area contributed by atoms with Crippen LogP contribution in [-0.4, -0.2) is 24.7 Å². The number of benzene rings is 1. The van der Waals surface area contributed by atoms with Gasteiger partial charge in [0.05, 0.1) is 5.92 Å². The molecule has 0 aliphatic heterocycles. The van der Waals surface area contributed by atoms with Crippen molar-refractivity contribution >= 4 is 17.6 Å². The molecule has 0 aliphatic carbocycles. The van der Waals surface area contributed by atoms with Gasteiger partial charge >= 0.3 is 5.97 Å². The molecule has 0 spiro atoms. The SMILES string of the molecule is CNCC(C(=O)O)c1ccccc1Cl. The molecular weight excluding hydrogens is 202 g/mol. The van der Waals surface area contributed by atoms with Crippen molar-refractivity contribution in [2.24, 2.45) is 0 Å². The molecule has 14 heavy (non-hydrogen) atoms. The third kappa shape index (κ3) is 2.47. The third-order valence-electron chi connectivity index (χ3n) is 1.99. The lowest BCUT2D eigenvalue weighted by molar-refractivity contribution is -0.138. The van der Waals surface area contributed by atoms with Gasteiger partial charge in [-0.2, -0.15) is 0 Å². The first kappa shape index (κ1) is 11.0. The maximum Gasteiger partial charge on any atom is 0.312 e. The summed E-state index contributed by atoms with van der Waals surface area (Å²) in [7, 11) is 1.72. The van der Waals surface area contributed by atoms with Crippen molar-refractivity contribution in [3.05, 3.63) is 34.9 Å². The van der Waals surface area contributed by atoms with Gasteiger partial charge in [0.1, 0.15) is 0 Å². The van der Waals surface area contributed by atoms with Crippen LogP contribution in [0.25, 0.3) is 0 Å². The summed E-state index contributed by atoms with van der Waals surface area (Å²) in [6.07, 6.45) is 0. The lowest BCUT2D eigenvalue weighted by atomic mass is 9.99. The van der Waals surface area contributed by atoms with Gasteiger partial charge in [0.25, 0.3) is 0 Å². The number of halogens is 1. The minimum absolute atomic E-state index is 0.374. The van der Waals surface area contributed by atoms with Crippen LogP contribution < -0.4 is 5.32 Å². The quantitative estimate of drug-likeness (QED) is 0.801. The Labute approximate surface area is 87.7 Å². The van der Waals surface area contributed by atoms with Crippen LogP contribution >= 0.6 is 11.6 Å². The second-order valence-corrected chi connectivity index (χ2v) is 3.38. The zero-order chi connectivity index (χ0) is 10.6. The Balaban J connectivity index is 2.99. The van der Waals surface area contributed by atoms with Crippen LogP contribution in [0.2, 0.25) is 5.02 Å². The summed E-state index contributed by atoms with van der Waals surface area (Å²) >= 11 is 5.91. The zero-order valence-corrected chi connectivity index (χ0v) is 8.58. The highest BCUT2D eigenvalue weighted by atomic mass is 35.5. The van der Waals surface area contributed by atoms with Gasteiger partial charge in [-0.3, -0.25) is 4.79 Å². The minimum atomic E-state index is -0.868. The molecule has 0 fully saturated rings. The van der Waals surface area contributed by atoms with Crippen molar-refractivity contribution in [1.29, 1.82) is 0 Å². The van der Waals surface area contributed by atoms with E-state index in [1.54, 1.807) is 31.3 Å². The number of rotatable bonds is 4. The van der Waals surface area contributed by atoms with Gasteiger partial charge in [0.2, 0.25) is 0 Å². The predicted molar refractivity (Wildman–Crippen MR) is 55.8 cm³/mol. The molecular formula is C10H12ClNO2. The molecule has 0 aliphatic rings. The summed E-state index contributed by atoms with van der Waals surface area (Å²) < 4.78 is 0. The van der Waals surface area contributed by atoms with Gasteiger partial charge in [-0.25, -0.2) is 0 Å². The van der Waals surface area contributed by atoms with Crippen molar-refractivity contribution in [3.63, 3.8) is 0 Å². The van der Waals surface area contributed by atoms with E-state index < -0.39 is 11.9 Å². The van der Waals surface area contributed by atoms with Crippen LogP contribution in [0.1, 0.15) is 11.5 Å². The molecule has 76 valence electrons. The van der Waals surface area contributed by atoms with E-state index in [4.69, 9.17) is 16.7 Å². The third-order valence-corrected chi connectivity index (χ3v) is 2.33. The fourth-order valence-corrected chi connectivity index (χ4v) is 1.56. The Kier molecular flexibility index (Phi) is 3.92. The monoisotopic (exact) mass is 213 g/mol. The van der Waals surface area contributed by atoms with E-state index in [2.05, 4.69) is 5.32 Å². The molecule has 0 heterocycles. The summed E-state index contributed by atoms with van der Waals surface area (Å²) in [6.45, 7) is 0.374. The average Bonchev–Trinajstić information content (AvgIpc) is 2.15. The van der Waals surface area contributed by atoms with Crippen molar-refractivity contribution in [3.8, 4) is 0 Å². The molecule has 4 heteroatoms. The lowest BCUT2D eigenvalue weighted by Crippen LogP contribution is -2.24. The molecule has 0 saturated heterocycles. The Morgan fingerprint density at radius 3 is 2.71 bits per heavy atom. The Hall–Kier alpha value is -1.06. The van der Waals surface area contributed by atoms with E-state index in [0.717, 1.165) is 0 Å². The molecule has 0 radical (unpaired) electrons. The number of likely N-dealkylation sites (N-methyl/N-ethyl adjacent to an activating group) is 1. The van der Waals surface area contributed by atoms with Crippen molar-refractivity contribution in [2.45, 2.75) is 5.92 Å². The van der Waals surface area contributed by atoms with Gasteiger partial charge < -0.3 is 10.4 Å². The highest BCUT2D eigenvalue weighted by Crippen LogP contribution is 2.23. The summed E-state index contributed by atoms with van der Waals surface area (Å²) in [5.41, 5.74) is 0.649. The Bertz CT molecular complexity index is 328. The smallest absolute Gasteiger partial charge is 0.312 e. The van der Waals surface area contributed by atoms with E-state index in [0.29, 0.717) is 17.1 Å². The molecule has 1 unspecified atom stereocenters. The Morgan fingerprint density at radius 1 is 1.57 bits per heavy atom. The average molecular weight is 214 g/mol. The van der Waals surface area contributed by atoms with E-state index in [1.165, 1.54) is 0 Å². The molecule has 1 aromatic carbocycles. The lowest BCUT2D eigenvalue weighted by Gasteiger charge is -2.13. The molecule has 3 nitrogen and oxygen atoms in total. The maximum atomic E-state index is 10.9. The molecule has 1 aromatic rings. The van der Waals surface area contributed by atoms with Crippen LogP contribution in [0.15, 0.2) is 24.3 Å². The molecule has 1 atom stereocenters. The number of hydrogen-bond donors (Lipinski definition) is 2. The van der Waals surface area contributed by atoms with Gasteiger partial charge in [-0.15, -0.1) is 0 Å². The number of nitrogens with one attached hydrogen (secondary N) is 1. The topological polar surface area (TPSA) is 49.3 Å². The normalized spacial score (nSPS) is 12.4. The van der Waals surface area contributed by atoms with Crippen LogP contribution in [0, 0.1) is 0 Å². The first-order chi connectivity index (χ1) is 6.66. The van der Waals surface area contributed by atoms with E-state index in [-0.39, 0.29) is 0 Å². The van der Waals surface area contributed by atoms with Gasteiger partial charge in [0, 0.05) is 11.6 Å². The van der Waals surface area contributed by atoms with Crippen LogP contribution in [0.3, 0.4) is 0 Å². The largest absolute Gasteiger partial charge is 0.481 e. The molecule has 0 amide bonds. The number of aliphatic carboxylic acids is 1. The maximum absolute atomic E-state index is 10.9. The first-order valence-corrected chi connectivity index (χ1v) is 4.66. The van der Waals surface area contributed by atoms with Crippen LogP contribution in [-0.2, 0) is 4.79 Å². The highest BCUT2D eigenvalue weighted by Gasteiger charge is 2.20. The van der Waals surface area contributed by atoms with Crippen LogP contribution in [0.5, 0.6) is 0 Å².